The lowest BCUT2D eigenvalue weighted by atomic mass is 9.92. The first kappa shape index (κ1) is 16.1. The molecule has 0 aliphatic heterocycles. The second-order valence-corrected chi connectivity index (χ2v) is 7.99. The van der Waals surface area contributed by atoms with E-state index in [9.17, 15) is 0 Å². The molecule has 4 nitrogen and oxygen atoms in total. The Kier molecular flexibility index (Phi) is 4.45. The highest BCUT2D eigenvalue weighted by Gasteiger charge is 2.31. The van der Waals surface area contributed by atoms with Crippen molar-refractivity contribution >= 4 is 11.6 Å². The molecule has 1 fully saturated rings. The zero-order chi connectivity index (χ0) is 15.7. The van der Waals surface area contributed by atoms with Crippen LogP contribution in [0.15, 0.2) is 6.07 Å². The SMILES string of the molecule is CCNc1cc(NC2CCC(C)(C)C2)nc(C(C)(C)C)n1. The predicted molar refractivity (Wildman–Crippen MR) is 89.9 cm³/mol. The molecule has 1 saturated carbocycles. The molecule has 2 rings (SSSR count). The van der Waals surface area contributed by atoms with Crippen LogP contribution < -0.4 is 10.6 Å². The van der Waals surface area contributed by atoms with Crippen LogP contribution in [0.2, 0.25) is 0 Å². The van der Waals surface area contributed by atoms with Crippen LogP contribution in [0.3, 0.4) is 0 Å². The van der Waals surface area contributed by atoms with Crippen molar-refractivity contribution in [2.45, 2.75) is 72.3 Å². The molecule has 1 heterocycles. The molecule has 1 atom stereocenters. The number of hydrogen-bond acceptors (Lipinski definition) is 4. The zero-order valence-corrected chi connectivity index (χ0v) is 14.4. The number of anilines is 2. The number of rotatable bonds is 4. The Morgan fingerprint density at radius 3 is 2.43 bits per heavy atom. The maximum absolute atomic E-state index is 4.74. The lowest BCUT2D eigenvalue weighted by Crippen LogP contribution is -2.22. The van der Waals surface area contributed by atoms with Crippen LogP contribution in [0.25, 0.3) is 0 Å². The molecular weight excluding hydrogens is 260 g/mol. The Balaban J connectivity index is 2.20. The second-order valence-electron chi connectivity index (χ2n) is 7.99. The van der Waals surface area contributed by atoms with Crippen molar-refractivity contribution in [1.82, 2.24) is 9.97 Å². The average molecular weight is 290 g/mol. The largest absolute Gasteiger partial charge is 0.370 e. The normalized spacial score (nSPS) is 21.3. The van der Waals surface area contributed by atoms with Crippen LogP contribution in [0.4, 0.5) is 11.6 Å². The van der Waals surface area contributed by atoms with E-state index < -0.39 is 0 Å². The highest BCUT2D eigenvalue weighted by atomic mass is 15.1. The molecule has 0 aromatic carbocycles. The topological polar surface area (TPSA) is 49.8 Å². The van der Waals surface area contributed by atoms with Crippen molar-refractivity contribution in [1.29, 1.82) is 0 Å². The van der Waals surface area contributed by atoms with Gasteiger partial charge in [0.2, 0.25) is 0 Å². The molecule has 118 valence electrons. The monoisotopic (exact) mass is 290 g/mol. The summed E-state index contributed by atoms with van der Waals surface area (Å²) in [7, 11) is 0. The first-order valence-corrected chi connectivity index (χ1v) is 8.09. The summed E-state index contributed by atoms with van der Waals surface area (Å²) in [5.74, 6) is 2.76. The summed E-state index contributed by atoms with van der Waals surface area (Å²) < 4.78 is 0. The van der Waals surface area contributed by atoms with Crippen molar-refractivity contribution in [2.75, 3.05) is 17.2 Å². The van der Waals surface area contributed by atoms with Crippen LogP contribution >= 0.6 is 0 Å². The van der Waals surface area contributed by atoms with Gasteiger partial charge in [-0.3, -0.25) is 0 Å². The predicted octanol–water partition coefficient (Wildman–Crippen LogP) is 4.20. The van der Waals surface area contributed by atoms with E-state index in [1.165, 1.54) is 19.3 Å². The van der Waals surface area contributed by atoms with Crippen molar-refractivity contribution < 1.29 is 0 Å². The number of nitrogens with zero attached hydrogens (tertiary/aromatic N) is 2. The van der Waals surface area contributed by atoms with Gasteiger partial charge in [0.15, 0.2) is 0 Å². The Hall–Kier alpha value is -1.32. The summed E-state index contributed by atoms with van der Waals surface area (Å²) in [6.45, 7) is 14.1. The van der Waals surface area contributed by atoms with Crippen molar-refractivity contribution in [3.63, 3.8) is 0 Å². The van der Waals surface area contributed by atoms with Gasteiger partial charge in [-0.15, -0.1) is 0 Å². The first-order valence-electron chi connectivity index (χ1n) is 8.09. The van der Waals surface area contributed by atoms with Gasteiger partial charge in [0, 0.05) is 24.1 Å². The molecule has 1 aromatic rings. The Labute approximate surface area is 129 Å². The van der Waals surface area contributed by atoms with Crippen LogP contribution in [0.5, 0.6) is 0 Å². The van der Waals surface area contributed by atoms with Gasteiger partial charge in [0.1, 0.15) is 17.5 Å². The Morgan fingerprint density at radius 2 is 1.90 bits per heavy atom. The van der Waals surface area contributed by atoms with Gasteiger partial charge < -0.3 is 10.6 Å². The van der Waals surface area contributed by atoms with Gasteiger partial charge in [-0.25, -0.2) is 9.97 Å². The molecule has 1 aliphatic rings. The third-order valence-electron chi connectivity index (χ3n) is 4.08. The molecule has 0 spiro atoms. The van der Waals surface area contributed by atoms with Crippen molar-refractivity contribution in [3.05, 3.63) is 11.9 Å². The van der Waals surface area contributed by atoms with Gasteiger partial charge in [0.05, 0.1) is 0 Å². The quantitative estimate of drug-likeness (QED) is 0.872. The van der Waals surface area contributed by atoms with Gasteiger partial charge in [-0.2, -0.15) is 0 Å². The molecule has 0 bridgehead atoms. The maximum Gasteiger partial charge on any atom is 0.138 e. The van der Waals surface area contributed by atoms with E-state index in [-0.39, 0.29) is 5.41 Å². The van der Waals surface area contributed by atoms with Gasteiger partial charge in [-0.05, 0) is 31.6 Å². The number of aromatic nitrogens is 2. The van der Waals surface area contributed by atoms with E-state index in [0.717, 1.165) is 24.0 Å². The highest BCUT2D eigenvalue weighted by Crippen LogP contribution is 2.38. The fraction of sp³-hybridized carbons (Fsp3) is 0.765. The van der Waals surface area contributed by atoms with Gasteiger partial charge in [-0.1, -0.05) is 34.6 Å². The van der Waals surface area contributed by atoms with E-state index in [1.807, 2.05) is 6.07 Å². The Bertz CT molecular complexity index is 488. The lowest BCUT2D eigenvalue weighted by molar-refractivity contribution is 0.378. The molecule has 0 saturated heterocycles. The van der Waals surface area contributed by atoms with Gasteiger partial charge >= 0.3 is 0 Å². The molecule has 0 amide bonds. The average Bonchev–Trinajstić information content (AvgIpc) is 2.67. The van der Waals surface area contributed by atoms with E-state index >= 15 is 0 Å². The summed E-state index contributed by atoms with van der Waals surface area (Å²) in [5.41, 5.74) is 0.402. The summed E-state index contributed by atoms with van der Waals surface area (Å²) in [5, 5.41) is 6.93. The minimum absolute atomic E-state index is 0.0448. The van der Waals surface area contributed by atoms with Crippen LogP contribution in [-0.2, 0) is 5.41 Å². The Morgan fingerprint density at radius 1 is 1.24 bits per heavy atom. The highest BCUT2D eigenvalue weighted by molar-refractivity contribution is 5.48. The van der Waals surface area contributed by atoms with Crippen LogP contribution in [0.1, 0.15) is 66.6 Å². The maximum atomic E-state index is 4.74. The molecular formula is C17H30N4. The molecule has 1 aromatic heterocycles. The summed E-state index contributed by atoms with van der Waals surface area (Å²) in [6.07, 6.45) is 3.71. The van der Waals surface area contributed by atoms with E-state index in [2.05, 4.69) is 57.2 Å². The number of hydrogen-bond donors (Lipinski definition) is 2. The third-order valence-corrected chi connectivity index (χ3v) is 4.08. The molecule has 21 heavy (non-hydrogen) atoms. The minimum atomic E-state index is -0.0448. The van der Waals surface area contributed by atoms with Crippen molar-refractivity contribution in [2.24, 2.45) is 5.41 Å². The molecule has 0 radical (unpaired) electrons. The molecule has 1 aliphatic carbocycles. The smallest absolute Gasteiger partial charge is 0.138 e. The summed E-state index contributed by atoms with van der Waals surface area (Å²) in [6, 6.07) is 2.56. The minimum Gasteiger partial charge on any atom is -0.370 e. The molecule has 4 heteroatoms. The van der Waals surface area contributed by atoms with Gasteiger partial charge in [0.25, 0.3) is 0 Å². The summed E-state index contributed by atoms with van der Waals surface area (Å²) in [4.78, 5) is 9.37. The fourth-order valence-electron chi connectivity index (χ4n) is 2.90. The van der Waals surface area contributed by atoms with Crippen LogP contribution in [0, 0.1) is 5.41 Å². The zero-order valence-electron chi connectivity index (χ0n) is 14.4. The summed E-state index contributed by atoms with van der Waals surface area (Å²) >= 11 is 0. The lowest BCUT2D eigenvalue weighted by Gasteiger charge is -2.21. The van der Waals surface area contributed by atoms with E-state index in [0.29, 0.717) is 11.5 Å². The van der Waals surface area contributed by atoms with E-state index in [1.54, 1.807) is 0 Å². The second kappa shape index (κ2) is 5.82. The van der Waals surface area contributed by atoms with Crippen molar-refractivity contribution in [3.8, 4) is 0 Å². The standard InChI is InChI=1S/C17H30N4/c1-7-18-13-10-14(21-15(20-13)16(2,3)4)19-12-8-9-17(5,6)11-12/h10,12H,7-9,11H2,1-6H3,(H2,18,19,20,21). The van der Waals surface area contributed by atoms with E-state index in [4.69, 9.17) is 4.98 Å². The molecule has 2 N–H and O–H groups in total. The fourth-order valence-corrected chi connectivity index (χ4v) is 2.90. The first-order chi connectivity index (χ1) is 9.69. The number of nitrogens with one attached hydrogen (secondary N) is 2. The molecule has 1 unspecified atom stereocenters. The van der Waals surface area contributed by atoms with Crippen LogP contribution in [-0.4, -0.2) is 22.6 Å². The third kappa shape index (κ3) is 4.32.